The van der Waals surface area contributed by atoms with Gasteiger partial charge in [0.05, 0.1) is 5.60 Å². The Balaban J connectivity index is 2.36. The summed E-state index contributed by atoms with van der Waals surface area (Å²) in [5.41, 5.74) is 4.28. The lowest BCUT2D eigenvalue weighted by Gasteiger charge is -2.22. The number of methoxy groups -OCH3 is 1. The highest BCUT2D eigenvalue weighted by molar-refractivity contribution is 5.94. The van der Waals surface area contributed by atoms with E-state index in [1.165, 1.54) is 13.0 Å². The number of anilines is 2. The minimum Gasteiger partial charge on any atom is -0.379 e. The Kier molecular flexibility index (Phi) is 10.6. The van der Waals surface area contributed by atoms with E-state index < -0.39 is 0 Å². The number of hydrogen-bond donors (Lipinski definition) is 3. The molecule has 9 nitrogen and oxygen atoms in total. The van der Waals surface area contributed by atoms with Crippen LogP contribution in [0.4, 0.5) is 16.3 Å². The van der Waals surface area contributed by atoms with Crippen LogP contribution < -0.4 is 16.0 Å². The van der Waals surface area contributed by atoms with Gasteiger partial charge in [0, 0.05) is 57.8 Å². The molecule has 0 aliphatic carbocycles. The van der Waals surface area contributed by atoms with E-state index in [-0.39, 0.29) is 17.5 Å². The van der Waals surface area contributed by atoms with Crippen LogP contribution in [0.15, 0.2) is 48.7 Å². The number of rotatable bonds is 11. The van der Waals surface area contributed by atoms with E-state index in [1.807, 2.05) is 70.1 Å². The predicted octanol–water partition coefficient (Wildman–Crippen LogP) is 4.47. The maximum Gasteiger partial charge on any atom is 0.319 e. The molecule has 0 atom stereocenters. The molecule has 2 aromatic rings. The normalized spacial score (nSPS) is 12.1. The summed E-state index contributed by atoms with van der Waals surface area (Å²) in [6, 6.07) is 8.82. The smallest absolute Gasteiger partial charge is 0.319 e. The highest BCUT2D eigenvalue weighted by atomic mass is 16.5. The summed E-state index contributed by atoms with van der Waals surface area (Å²) < 4.78 is 5.38. The maximum atomic E-state index is 12.5. The van der Waals surface area contributed by atoms with Gasteiger partial charge in [0.25, 0.3) is 0 Å². The highest BCUT2D eigenvalue weighted by Crippen LogP contribution is 2.28. The average molecular weight is 508 g/mol. The van der Waals surface area contributed by atoms with Gasteiger partial charge in [-0.15, -0.1) is 0 Å². The van der Waals surface area contributed by atoms with Gasteiger partial charge in [0.2, 0.25) is 5.91 Å². The number of nitrogens with zero attached hydrogens (tertiary/aromatic N) is 2. The van der Waals surface area contributed by atoms with Crippen LogP contribution in [0.1, 0.15) is 43.9 Å². The molecule has 0 unspecified atom stereocenters. The number of carbonyl (C=O) groups is 3. The van der Waals surface area contributed by atoms with Gasteiger partial charge in [-0.2, -0.15) is 0 Å². The zero-order valence-corrected chi connectivity index (χ0v) is 22.6. The molecule has 9 heteroatoms. The maximum absolute atomic E-state index is 12.5. The Morgan fingerprint density at radius 3 is 2.49 bits per heavy atom. The fourth-order valence-corrected chi connectivity index (χ4v) is 3.51. The van der Waals surface area contributed by atoms with Crippen molar-refractivity contribution in [2.75, 3.05) is 38.4 Å². The van der Waals surface area contributed by atoms with Crippen LogP contribution in [-0.2, 0) is 14.3 Å². The molecule has 0 fully saturated rings. The molecule has 0 saturated heterocycles. The molecular formula is C28H37N5O4. The van der Waals surface area contributed by atoms with Crippen molar-refractivity contribution in [3.63, 3.8) is 0 Å². The van der Waals surface area contributed by atoms with Crippen molar-refractivity contribution >= 4 is 41.0 Å². The van der Waals surface area contributed by atoms with Gasteiger partial charge in [0.15, 0.2) is 0 Å². The summed E-state index contributed by atoms with van der Waals surface area (Å²) in [6.07, 6.45) is 6.39. The van der Waals surface area contributed by atoms with Gasteiger partial charge in [-0.1, -0.05) is 6.07 Å². The number of benzene rings is 1. The fraction of sp³-hybridized carbons (Fsp3) is 0.357. The molecule has 37 heavy (non-hydrogen) atoms. The number of allylic oxidation sites excluding steroid dienone is 3. The Morgan fingerprint density at radius 2 is 1.86 bits per heavy atom. The van der Waals surface area contributed by atoms with Crippen molar-refractivity contribution in [3.05, 3.63) is 65.4 Å². The van der Waals surface area contributed by atoms with Gasteiger partial charge >= 0.3 is 6.03 Å². The van der Waals surface area contributed by atoms with Crippen LogP contribution in [-0.4, -0.2) is 61.5 Å². The van der Waals surface area contributed by atoms with E-state index in [0.29, 0.717) is 30.0 Å². The second kappa shape index (κ2) is 13.4. The molecule has 2 rings (SSSR count). The first-order valence-electron chi connectivity index (χ1n) is 12.0. The van der Waals surface area contributed by atoms with Crippen LogP contribution in [0.2, 0.25) is 0 Å². The number of aldehydes is 1. The Labute approximate surface area is 219 Å². The van der Waals surface area contributed by atoms with Crippen molar-refractivity contribution in [1.29, 1.82) is 0 Å². The van der Waals surface area contributed by atoms with Crippen molar-refractivity contribution in [2.24, 2.45) is 0 Å². The molecule has 198 valence electrons. The fourth-order valence-electron chi connectivity index (χ4n) is 3.51. The standard InChI is InChI=1S/C28H37N5O4/c1-19-8-9-23(32-27(36)30-14-12-28(3,4)37-7)18-24(19)21(11-15-34)16-25(33(5)6)22-10-13-29-26(17-22)31-20(2)35/h8-11,13,15-18H,12,14H2,1-7H3,(H,29,31,35)(H2,30,32,36)/b21-11+,25-16-. The molecule has 0 saturated carbocycles. The van der Waals surface area contributed by atoms with Gasteiger partial charge in [-0.05, 0) is 80.3 Å². The Bertz CT molecular complexity index is 1180. The number of urea groups is 1. The van der Waals surface area contributed by atoms with E-state index in [4.69, 9.17) is 4.74 Å². The molecule has 0 spiro atoms. The van der Waals surface area contributed by atoms with Crippen LogP contribution >= 0.6 is 0 Å². The zero-order chi connectivity index (χ0) is 27.6. The minimum absolute atomic E-state index is 0.215. The molecule has 1 aromatic carbocycles. The van der Waals surface area contributed by atoms with Crippen molar-refractivity contribution < 1.29 is 19.1 Å². The molecule has 1 heterocycles. The van der Waals surface area contributed by atoms with Gasteiger partial charge in [-0.3, -0.25) is 9.59 Å². The minimum atomic E-state index is -0.326. The summed E-state index contributed by atoms with van der Waals surface area (Å²) in [5.74, 6) is 0.217. The first-order valence-corrected chi connectivity index (χ1v) is 12.0. The first-order chi connectivity index (χ1) is 17.5. The number of amides is 3. The number of aryl methyl sites for hydroxylation is 1. The summed E-state index contributed by atoms with van der Waals surface area (Å²) >= 11 is 0. The molecule has 1 aromatic heterocycles. The van der Waals surface area contributed by atoms with E-state index in [2.05, 4.69) is 20.9 Å². The third kappa shape index (κ3) is 9.20. The highest BCUT2D eigenvalue weighted by Gasteiger charge is 2.16. The quantitative estimate of drug-likeness (QED) is 0.235. The lowest BCUT2D eigenvalue weighted by atomic mass is 9.97. The van der Waals surface area contributed by atoms with E-state index in [0.717, 1.165) is 28.7 Å². The van der Waals surface area contributed by atoms with Gasteiger partial charge < -0.3 is 25.6 Å². The summed E-state index contributed by atoms with van der Waals surface area (Å²) in [4.78, 5) is 41.6. The van der Waals surface area contributed by atoms with Crippen molar-refractivity contribution in [1.82, 2.24) is 15.2 Å². The molecule has 0 radical (unpaired) electrons. The largest absolute Gasteiger partial charge is 0.379 e. The average Bonchev–Trinajstić information content (AvgIpc) is 2.82. The van der Waals surface area contributed by atoms with Crippen molar-refractivity contribution in [2.45, 2.75) is 39.7 Å². The number of aromatic nitrogens is 1. The Hall–Kier alpha value is -3.98. The summed E-state index contributed by atoms with van der Waals surface area (Å²) in [7, 11) is 5.43. The molecule has 0 aliphatic heterocycles. The number of pyridine rings is 1. The second-order valence-corrected chi connectivity index (χ2v) is 9.42. The van der Waals surface area contributed by atoms with E-state index in [1.54, 1.807) is 19.4 Å². The second-order valence-electron chi connectivity index (χ2n) is 9.42. The summed E-state index contributed by atoms with van der Waals surface area (Å²) in [5, 5.41) is 8.39. The van der Waals surface area contributed by atoms with Crippen LogP contribution in [0.25, 0.3) is 11.3 Å². The van der Waals surface area contributed by atoms with E-state index >= 15 is 0 Å². The lowest BCUT2D eigenvalue weighted by Crippen LogP contribution is -2.34. The van der Waals surface area contributed by atoms with Crippen LogP contribution in [0, 0.1) is 6.92 Å². The number of nitrogens with one attached hydrogen (secondary N) is 3. The van der Waals surface area contributed by atoms with Crippen molar-refractivity contribution in [3.8, 4) is 0 Å². The molecule has 0 bridgehead atoms. The molecule has 3 N–H and O–H groups in total. The van der Waals surface area contributed by atoms with Crippen LogP contribution in [0.3, 0.4) is 0 Å². The number of ether oxygens (including phenoxy) is 1. The third-order valence-electron chi connectivity index (χ3n) is 5.75. The molecule has 0 aliphatic rings. The number of hydrogen-bond acceptors (Lipinski definition) is 6. The Morgan fingerprint density at radius 1 is 1.14 bits per heavy atom. The molecule has 3 amide bonds. The monoisotopic (exact) mass is 507 g/mol. The number of carbonyl (C=O) groups excluding carboxylic acids is 3. The summed E-state index contributed by atoms with van der Waals surface area (Å²) in [6.45, 7) is 7.74. The van der Waals surface area contributed by atoms with Gasteiger partial charge in [0.1, 0.15) is 12.1 Å². The van der Waals surface area contributed by atoms with E-state index in [9.17, 15) is 14.4 Å². The zero-order valence-electron chi connectivity index (χ0n) is 22.6. The third-order valence-corrected chi connectivity index (χ3v) is 5.75. The molecular weight excluding hydrogens is 470 g/mol. The topological polar surface area (TPSA) is 113 Å². The first kappa shape index (κ1) is 29.3. The predicted molar refractivity (Wildman–Crippen MR) is 148 cm³/mol. The van der Waals surface area contributed by atoms with Crippen LogP contribution in [0.5, 0.6) is 0 Å². The van der Waals surface area contributed by atoms with Gasteiger partial charge in [-0.25, -0.2) is 9.78 Å². The SMILES string of the molecule is COC(C)(C)CCNC(=O)Nc1ccc(C)c(C(/C=C(/c2ccnc(NC(C)=O)c2)N(C)C)=C/C=O)c1. The lowest BCUT2D eigenvalue weighted by molar-refractivity contribution is -0.114.